The van der Waals surface area contributed by atoms with Crippen LogP contribution in [0.25, 0.3) is 11.1 Å². The Kier molecular flexibility index (Phi) is 6.24. The van der Waals surface area contributed by atoms with E-state index in [1.165, 1.54) is 11.3 Å². The van der Waals surface area contributed by atoms with E-state index in [-0.39, 0.29) is 5.91 Å². The molecule has 0 aliphatic heterocycles. The molecule has 0 radical (unpaired) electrons. The highest BCUT2D eigenvalue weighted by atomic mass is 32.1. The Labute approximate surface area is 190 Å². The minimum absolute atomic E-state index is 0.248. The van der Waals surface area contributed by atoms with Gasteiger partial charge in [-0.2, -0.15) is 5.26 Å². The highest BCUT2D eigenvalue weighted by Gasteiger charge is 2.14. The molecule has 2 aromatic carbocycles. The van der Waals surface area contributed by atoms with Gasteiger partial charge in [-0.15, -0.1) is 0 Å². The molecule has 1 amide bonds. The Morgan fingerprint density at radius 1 is 1.12 bits per heavy atom. The molecule has 0 bridgehead atoms. The molecule has 32 heavy (non-hydrogen) atoms. The first-order valence-electron chi connectivity index (χ1n) is 9.95. The summed E-state index contributed by atoms with van der Waals surface area (Å²) in [5.41, 5.74) is 5.24. The monoisotopic (exact) mass is 440 g/mol. The Hall–Kier alpha value is -4.02. The second-order valence-corrected chi connectivity index (χ2v) is 8.15. The number of aryl methyl sites for hydroxylation is 2. The summed E-state index contributed by atoms with van der Waals surface area (Å²) in [5.74, 6) is 0.228. The second-order valence-electron chi connectivity index (χ2n) is 7.30. The van der Waals surface area contributed by atoms with Crippen LogP contribution in [0.15, 0.2) is 66.3 Å². The minimum Gasteiger partial charge on any atom is -0.431 e. The summed E-state index contributed by atoms with van der Waals surface area (Å²) in [6, 6.07) is 17.0. The summed E-state index contributed by atoms with van der Waals surface area (Å²) >= 11 is 1.36. The summed E-state index contributed by atoms with van der Waals surface area (Å²) in [4.78, 5) is 21.4. The number of nitrogens with zero attached hydrogens (tertiary/aromatic N) is 3. The number of amides is 1. The number of aromatic nitrogens is 2. The van der Waals surface area contributed by atoms with E-state index in [1.54, 1.807) is 24.5 Å². The summed E-state index contributed by atoms with van der Waals surface area (Å²) in [7, 11) is 0. The van der Waals surface area contributed by atoms with Crippen LogP contribution >= 0.6 is 11.3 Å². The zero-order valence-corrected chi connectivity index (χ0v) is 18.4. The summed E-state index contributed by atoms with van der Waals surface area (Å²) in [6.07, 6.45) is 3.40. The van der Waals surface area contributed by atoms with Crippen LogP contribution in [-0.4, -0.2) is 15.9 Å². The predicted octanol–water partition coefficient (Wildman–Crippen LogP) is 5.42. The highest BCUT2D eigenvalue weighted by molar-refractivity contribution is 7.11. The lowest BCUT2D eigenvalue weighted by atomic mass is 9.96. The molecular weight excluding hydrogens is 420 g/mol. The van der Waals surface area contributed by atoms with E-state index in [4.69, 9.17) is 4.74 Å². The van der Waals surface area contributed by atoms with Crippen molar-refractivity contribution in [1.82, 2.24) is 15.3 Å². The van der Waals surface area contributed by atoms with Crippen LogP contribution < -0.4 is 10.1 Å². The van der Waals surface area contributed by atoms with Crippen molar-refractivity contribution in [3.8, 4) is 28.1 Å². The number of pyridine rings is 1. The lowest BCUT2D eigenvalue weighted by molar-refractivity contribution is 0.0950. The van der Waals surface area contributed by atoms with Crippen LogP contribution in [0.1, 0.15) is 32.7 Å². The maximum atomic E-state index is 13.0. The normalized spacial score (nSPS) is 10.4. The fourth-order valence-corrected chi connectivity index (χ4v) is 3.70. The van der Waals surface area contributed by atoms with Gasteiger partial charge >= 0.3 is 0 Å². The molecular formula is C25H20N4O2S. The molecule has 4 aromatic rings. The number of nitrogens with one attached hydrogen (secondary N) is 1. The zero-order chi connectivity index (χ0) is 22.5. The van der Waals surface area contributed by atoms with Crippen molar-refractivity contribution in [1.29, 1.82) is 5.26 Å². The van der Waals surface area contributed by atoms with Gasteiger partial charge in [-0.25, -0.2) is 4.98 Å². The molecule has 6 nitrogen and oxygen atoms in total. The van der Waals surface area contributed by atoms with Crippen molar-refractivity contribution in [3.05, 3.63) is 94.3 Å². The summed E-state index contributed by atoms with van der Waals surface area (Å²) < 4.78 is 5.88. The van der Waals surface area contributed by atoms with E-state index in [1.807, 2.05) is 55.6 Å². The molecule has 2 aromatic heterocycles. The summed E-state index contributed by atoms with van der Waals surface area (Å²) in [6.45, 7) is 4.21. The van der Waals surface area contributed by atoms with Crippen molar-refractivity contribution in [2.75, 3.05) is 0 Å². The first kappa shape index (κ1) is 21.2. The molecule has 1 N–H and O–H groups in total. The third kappa shape index (κ3) is 4.99. The second kappa shape index (κ2) is 9.41. The molecule has 0 unspecified atom stereocenters. The van der Waals surface area contributed by atoms with Gasteiger partial charge in [0, 0.05) is 35.6 Å². The van der Waals surface area contributed by atoms with Gasteiger partial charge in [0.25, 0.3) is 11.1 Å². The average molecular weight is 441 g/mol. The average Bonchev–Trinajstić information content (AvgIpc) is 3.31. The molecule has 0 aliphatic carbocycles. The molecule has 7 heteroatoms. The van der Waals surface area contributed by atoms with Gasteiger partial charge in [0.2, 0.25) is 0 Å². The SMILES string of the molecule is Cc1ccc(-c2cc(Oc3nccs3)cc(C(=O)NCc3ccc(C)nc3)c2)c(C#N)c1. The molecule has 0 saturated carbocycles. The van der Waals surface area contributed by atoms with Gasteiger partial charge in [-0.1, -0.05) is 29.5 Å². The number of carbonyl (C=O) groups excluding carboxylic acids is 1. The molecule has 4 rings (SSSR count). The van der Waals surface area contributed by atoms with Gasteiger partial charge in [-0.3, -0.25) is 9.78 Å². The minimum atomic E-state index is -0.248. The van der Waals surface area contributed by atoms with Gasteiger partial charge in [-0.05, 0) is 66.4 Å². The van der Waals surface area contributed by atoms with Gasteiger partial charge in [0.05, 0.1) is 11.6 Å². The Bertz CT molecular complexity index is 1290. The highest BCUT2D eigenvalue weighted by Crippen LogP contribution is 2.32. The Morgan fingerprint density at radius 3 is 2.72 bits per heavy atom. The first-order chi connectivity index (χ1) is 15.5. The predicted molar refractivity (Wildman–Crippen MR) is 124 cm³/mol. The lowest BCUT2D eigenvalue weighted by Crippen LogP contribution is -2.23. The molecule has 0 atom stereocenters. The van der Waals surface area contributed by atoms with E-state index in [0.717, 1.165) is 27.9 Å². The van der Waals surface area contributed by atoms with Crippen LogP contribution in [0.5, 0.6) is 10.9 Å². The molecule has 0 spiro atoms. The third-order valence-corrected chi connectivity index (χ3v) is 5.46. The van der Waals surface area contributed by atoms with Crippen LogP contribution in [0, 0.1) is 25.2 Å². The number of carbonyl (C=O) groups is 1. The quantitative estimate of drug-likeness (QED) is 0.433. The van der Waals surface area contributed by atoms with Gasteiger partial charge < -0.3 is 10.1 Å². The van der Waals surface area contributed by atoms with Crippen LogP contribution in [0.4, 0.5) is 0 Å². The fraction of sp³-hybridized carbons (Fsp3) is 0.120. The molecule has 0 saturated heterocycles. The van der Waals surface area contributed by atoms with Crippen molar-refractivity contribution in [3.63, 3.8) is 0 Å². The maximum absolute atomic E-state index is 13.0. The van der Waals surface area contributed by atoms with E-state index in [2.05, 4.69) is 21.4 Å². The molecule has 158 valence electrons. The first-order valence-corrected chi connectivity index (χ1v) is 10.8. The molecule has 0 aliphatic rings. The number of thiazole rings is 1. The molecule has 2 heterocycles. The smallest absolute Gasteiger partial charge is 0.278 e. The van der Waals surface area contributed by atoms with E-state index >= 15 is 0 Å². The Balaban J connectivity index is 1.67. The maximum Gasteiger partial charge on any atom is 0.278 e. The van der Waals surface area contributed by atoms with Crippen LogP contribution in [0.2, 0.25) is 0 Å². The fourth-order valence-electron chi connectivity index (χ4n) is 3.20. The van der Waals surface area contributed by atoms with Gasteiger partial charge in [0.15, 0.2) is 0 Å². The number of ether oxygens (including phenoxy) is 1. The zero-order valence-electron chi connectivity index (χ0n) is 17.6. The largest absolute Gasteiger partial charge is 0.431 e. The molecule has 0 fully saturated rings. The van der Waals surface area contributed by atoms with Crippen molar-refractivity contribution >= 4 is 17.2 Å². The van der Waals surface area contributed by atoms with Gasteiger partial charge in [0.1, 0.15) is 5.75 Å². The number of hydrogen-bond donors (Lipinski definition) is 1. The van der Waals surface area contributed by atoms with E-state index < -0.39 is 0 Å². The summed E-state index contributed by atoms with van der Waals surface area (Å²) in [5, 5.41) is 14.8. The Morgan fingerprint density at radius 2 is 2.00 bits per heavy atom. The topological polar surface area (TPSA) is 87.9 Å². The van der Waals surface area contributed by atoms with Crippen LogP contribution in [0.3, 0.4) is 0 Å². The lowest BCUT2D eigenvalue weighted by Gasteiger charge is -2.12. The van der Waals surface area contributed by atoms with Crippen molar-refractivity contribution in [2.45, 2.75) is 20.4 Å². The standard InChI is InChI=1S/C25H20N4O2S/c1-16-3-6-23(21(9-16)13-26)19-10-20(12-22(11-19)31-25-27-7-8-32-25)24(30)29-15-18-5-4-17(2)28-14-18/h3-12,14H,15H2,1-2H3,(H,29,30). The number of hydrogen-bond acceptors (Lipinski definition) is 6. The van der Waals surface area contributed by atoms with Crippen molar-refractivity contribution < 1.29 is 9.53 Å². The van der Waals surface area contributed by atoms with Crippen molar-refractivity contribution in [2.24, 2.45) is 0 Å². The number of benzene rings is 2. The third-order valence-electron chi connectivity index (χ3n) is 4.82. The van der Waals surface area contributed by atoms with E-state index in [0.29, 0.717) is 28.6 Å². The van der Waals surface area contributed by atoms with E-state index in [9.17, 15) is 10.1 Å². The number of nitriles is 1. The number of rotatable bonds is 6. The van der Waals surface area contributed by atoms with Crippen LogP contribution in [-0.2, 0) is 6.54 Å².